The summed E-state index contributed by atoms with van der Waals surface area (Å²) in [7, 11) is 0. The average Bonchev–Trinajstić information content (AvgIpc) is 2.63. The molecule has 1 aromatic carbocycles. The number of nitrogens with zero attached hydrogens (tertiary/aromatic N) is 4. The molecule has 0 unspecified atom stereocenters. The van der Waals surface area contributed by atoms with Crippen LogP contribution in [0.4, 0.5) is 10.2 Å². The Morgan fingerprint density at radius 1 is 1.31 bits per heavy atom. The molecule has 1 aliphatic rings. The predicted molar refractivity (Wildman–Crippen MR) is 96.9 cm³/mol. The van der Waals surface area contributed by atoms with Gasteiger partial charge in [0.2, 0.25) is 11.8 Å². The van der Waals surface area contributed by atoms with Crippen molar-refractivity contribution in [2.45, 2.75) is 33.2 Å². The standard InChI is InChI=1S/C19H23FN4O2/c1-4-19(25)24-8-7-23(11-14(24)3)17-10-18(22-12-21-17)26-16-6-5-15(20)9-13(16)2/h5-6,9-10,12,14H,4,7-8,11H2,1-3H3/t14-/m1/s1. The van der Waals surface area contributed by atoms with Crippen molar-refractivity contribution < 1.29 is 13.9 Å². The van der Waals surface area contributed by atoms with Crippen molar-refractivity contribution in [1.29, 1.82) is 0 Å². The molecule has 1 atom stereocenters. The van der Waals surface area contributed by atoms with Crippen molar-refractivity contribution in [2.24, 2.45) is 0 Å². The molecule has 0 bridgehead atoms. The number of ether oxygens (including phenoxy) is 1. The number of benzene rings is 1. The second kappa shape index (κ2) is 7.68. The largest absolute Gasteiger partial charge is 0.439 e. The SMILES string of the molecule is CCC(=O)N1CCN(c2cc(Oc3ccc(F)cc3C)ncn2)C[C@H]1C. The highest BCUT2D eigenvalue weighted by Crippen LogP contribution is 2.26. The van der Waals surface area contributed by atoms with E-state index in [1.165, 1.54) is 18.5 Å². The Kier molecular flexibility index (Phi) is 5.35. The van der Waals surface area contributed by atoms with Crippen molar-refractivity contribution in [3.05, 3.63) is 42.0 Å². The number of rotatable bonds is 4. The van der Waals surface area contributed by atoms with Gasteiger partial charge in [-0.2, -0.15) is 0 Å². The van der Waals surface area contributed by atoms with Gasteiger partial charge in [0.05, 0.1) is 0 Å². The average molecular weight is 358 g/mol. The first kappa shape index (κ1) is 18.1. The second-order valence-corrected chi connectivity index (χ2v) is 6.46. The summed E-state index contributed by atoms with van der Waals surface area (Å²) in [6.07, 6.45) is 1.98. The van der Waals surface area contributed by atoms with E-state index in [0.29, 0.717) is 43.2 Å². The lowest BCUT2D eigenvalue weighted by molar-refractivity contribution is -0.133. The molecule has 138 valence electrons. The molecular weight excluding hydrogens is 335 g/mol. The van der Waals surface area contributed by atoms with Gasteiger partial charge in [-0.05, 0) is 37.6 Å². The Bertz CT molecular complexity index is 799. The van der Waals surface area contributed by atoms with Crippen LogP contribution in [0.3, 0.4) is 0 Å². The minimum Gasteiger partial charge on any atom is -0.439 e. The highest BCUT2D eigenvalue weighted by atomic mass is 19.1. The molecule has 1 aliphatic heterocycles. The van der Waals surface area contributed by atoms with Crippen molar-refractivity contribution in [1.82, 2.24) is 14.9 Å². The summed E-state index contributed by atoms with van der Waals surface area (Å²) in [5, 5.41) is 0. The van der Waals surface area contributed by atoms with Gasteiger partial charge >= 0.3 is 0 Å². The molecule has 0 aliphatic carbocycles. The first-order valence-corrected chi connectivity index (χ1v) is 8.78. The summed E-state index contributed by atoms with van der Waals surface area (Å²) in [6, 6.07) is 6.25. The number of hydrogen-bond acceptors (Lipinski definition) is 5. The fourth-order valence-corrected chi connectivity index (χ4v) is 3.14. The zero-order valence-corrected chi connectivity index (χ0v) is 15.3. The van der Waals surface area contributed by atoms with E-state index in [0.717, 1.165) is 5.82 Å². The second-order valence-electron chi connectivity index (χ2n) is 6.46. The van der Waals surface area contributed by atoms with E-state index < -0.39 is 0 Å². The van der Waals surface area contributed by atoms with Crippen LogP contribution in [0.5, 0.6) is 11.6 Å². The molecule has 1 saturated heterocycles. The van der Waals surface area contributed by atoms with Gasteiger partial charge < -0.3 is 14.5 Å². The summed E-state index contributed by atoms with van der Waals surface area (Å²) < 4.78 is 19.0. The Balaban J connectivity index is 1.72. The van der Waals surface area contributed by atoms with Crippen LogP contribution in [0.1, 0.15) is 25.8 Å². The van der Waals surface area contributed by atoms with E-state index >= 15 is 0 Å². The molecule has 3 rings (SSSR count). The number of amides is 1. The van der Waals surface area contributed by atoms with Crippen molar-refractivity contribution >= 4 is 11.7 Å². The summed E-state index contributed by atoms with van der Waals surface area (Å²) in [5.41, 5.74) is 0.700. The lowest BCUT2D eigenvalue weighted by Crippen LogP contribution is -2.54. The number of carbonyl (C=O) groups excluding carboxylic acids is 1. The number of carbonyl (C=O) groups is 1. The smallest absolute Gasteiger partial charge is 0.224 e. The van der Waals surface area contributed by atoms with Crippen LogP contribution in [-0.2, 0) is 4.79 Å². The highest BCUT2D eigenvalue weighted by molar-refractivity contribution is 5.76. The quantitative estimate of drug-likeness (QED) is 0.840. The maximum Gasteiger partial charge on any atom is 0.224 e. The van der Waals surface area contributed by atoms with Crippen LogP contribution in [0, 0.1) is 12.7 Å². The monoisotopic (exact) mass is 358 g/mol. The molecule has 0 radical (unpaired) electrons. The number of halogens is 1. The Hall–Kier alpha value is -2.70. The third kappa shape index (κ3) is 3.92. The van der Waals surface area contributed by atoms with Gasteiger partial charge in [-0.3, -0.25) is 4.79 Å². The maximum atomic E-state index is 13.2. The van der Waals surface area contributed by atoms with Crippen LogP contribution in [0.2, 0.25) is 0 Å². The lowest BCUT2D eigenvalue weighted by Gasteiger charge is -2.40. The molecule has 1 fully saturated rings. The highest BCUT2D eigenvalue weighted by Gasteiger charge is 2.27. The van der Waals surface area contributed by atoms with E-state index in [-0.39, 0.29) is 17.8 Å². The molecule has 2 aromatic rings. The van der Waals surface area contributed by atoms with E-state index in [9.17, 15) is 9.18 Å². The van der Waals surface area contributed by atoms with Crippen LogP contribution in [0.15, 0.2) is 30.6 Å². The predicted octanol–water partition coefficient (Wildman–Crippen LogP) is 3.16. The number of hydrogen-bond donors (Lipinski definition) is 0. The summed E-state index contributed by atoms with van der Waals surface area (Å²) in [4.78, 5) is 24.5. The zero-order valence-electron chi connectivity index (χ0n) is 15.3. The molecule has 0 N–H and O–H groups in total. The Morgan fingerprint density at radius 3 is 2.81 bits per heavy atom. The number of aryl methyl sites for hydroxylation is 1. The van der Waals surface area contributed by atoms with Gasteiger partial charge in [0.1, 0.15) is 23.7 Å². The van der Waals surface area contributed by atoms with E-state index in [4.69, 9.17) is 4.74 Å². The molecule has 0 spiro atoms. The molecule has 2 heterocycles. The first-order chi connectivity index (χ1) is 12.5. The molecule has 26 heavy (non-hydrogen) atoms. The first-order valence-electron chi connectivity index (χ1n) is 8.78. The molecule has 7 heteroatoms. The van der Waals surface area contributed by atoms with E-state index in [1.54, 1.807) is 19.1 Å². The fraction of sp³-hybridized carbons (Fsp3) is 0.421. The summed E-state index contributed by atoms with van der Waals surface area (Å²) in [5.74, 6) is 1.60. The molecular formula is C19H23FN4O2. The third-order valence-corrected chi connectivity index (χ3v) is 4.55. The third-order valence-electron chi connectivity index (χ3n) is 4.55. The summed E-state index contributed by atoms with van der Waals surface area (Å²) in [6.45, 7) is 7.80. The van der Waals surface area contributed by atoms with Gasteiger partial charge in [-0.25, -0.2) is 14.4 Å². The van der Waals surface area contributed by atoms with Crippen molar-refractivity contribution in [3.63, 3.8) is 0 Å². The van der Waals surface area contributed by atoms with Gasteiger partial charge in [0, 0.05) is 38.2 Å². The fourth-order valence-electron chi connectivity index (χ4n) is 3.14. The molecule has 0 saturated carbocycles. The van der Waals surface area contributed by atoms with Crippen LogP contribution < -0.4 is 9.64 Å². The number of anilines is 1. The van der Waals surface area contributed by atoms with Crippen LogP contribution >= 0.6 is 0 Å². The zero-order chi connectivity index (χ0) is 18.7. The van der Waals surface area contributed by atoms with Crippen molar-refractivity contribution in [3.8, 4) is 11.6 Å². The molecule has 1 aromatic heterocycles. The minimum absolute atomic E-state index is 0.120. The van der Waals surface area contributed by atoms with Crippen LogP contribution in [0.25, 0.3) is 0 Å². The lowest BCUT2D eigenvalue weighted by atomic mass is 10.1. The maximum absolute atomic E-state index is 13.2. The molecule has 6 nitrogen and oxygen atoms in total. The van der Waals surface area contributed by atoms with Crippen molar-refractivity contribution in [2.75, 3.05) is 24.5 Å². The number of piperazine rings is 1. The topological polar surface area (TPSA) is 58.6 Å². The number of aromatic nitrogens is 2. The summed E-state index contributed by atoms with van der Waals surface area (Å²) >= 11 is 0. The van der Waals surface area contributed by atoms with E-state index in [2.05, 4.69) is 14.9 Å². The van der Waals surface area contributed by atoms with Gasteiger partial charge in [0.25, 0.3) is 0 Å². The van der Waals surface area contributed by atoms with Gasteiger partial charge in [0.15, 0.2) is 0 Å². The normalized spacial score (nSPS) is 17.3. The Labute approximate surface area is 152 Å². The van der Waals surface area contributed by atoms with Crippen LogP contribution in [-0.4, -0.2) is 46.5 Å². The minimum atomic E-state index is -0.299. The Morgan fingerprint density at radius 2 is 2.12 bits per heavy atom. The van der Waals surface area contributed by atoms with E-state index in [1.807, 2.05) is 18.7 Å². The van der Waals surface area contributed by atoms with Gasteiger partial charge in [-0.1, -0.05) is 6.92 Å². The van der Waals surface area contributed by atoms with Gasteiger partial charge in [-0.15, -0.1) is 0 Å². The molecule has 1 amide bonds.